The molecule has 230 valence electrons. The van der Waals surface area contributed by atoms with E-state index in [2.05, 4.69) is 20.5 Å². The lowest BCUT2D eigenvalue weighted by atomic mass is 9.86. The van der Waals surface area contributed by atoms with Crippen molar-refractivity contribution < 1.29 is 43.2 Å². The number of carbonyl (C=O) groups is 4. The van der Waals surface area contributed by atoms with Crippen LogP contribution in [0.15, 0.2) is 24.3 Å². The van der Waals surface area contributed by atoms with Crippen LogP contribution in [0.25, 0.3) is 0 Å². The van der Waals surface area contributed by atoms with Crippen LogP contribution < -0.4 is 20.5 Å². The van der Waals surface area contributed by atoms with E-state index in [9.17, 15) is 23.7 Å². The topological polar surface area (TPSA) is 195 Å². The molecular weight excluding hydrogens is 555 g/mol. The Kier molecular flexibility index (Phi) is 14.1. The molecule has 0 aromatic heterocycles. The van der Waals surface area contributed by atoms with Crippen molar-refractivity contribution in [3.8, 4) is 5.75 Å². The quantitative estimate of drug-likeness (QED) is 0.122. The Hall–Kier alpha value is -3.15. The first-order valence-corrected chi connectivity index (χ1v) is 15.5. The normalized spacial score (nSPS) is 15.3. The molecule has 41 heavy (non-hydrogen) atoms. The number of nitrogens with zero attached hydrogens (tertiary/aromatic N) is 1. The summed E-state index contributed by atoms with van der Waals surface area (Å²) in [6, 6.07) is 2.78. The van der Waals surface area contributed by atoms with Gasteiger partial charge in [0.1, 0.15) is 17.8 Å². The smallest absolute Gasteiger partial charge is 0.481 e. The molecule has 14 heteroatoms. The second-order valence-corrected chi connectivity index (χ2v) is 11.8. The Bertz CT molecular complexity index is 1060. The number of carboxylic acid groups (broad SMARTS) is 1. The van der Waals surface area contributed by atoms with Gasteiger partial charge < -0.3 is 30.5 Å². The maximum absolute atomic E-state index is 13.3. The van der Waals surface area contributed by atoms with Crippen LogP contribution in [0.2, 0.25) is 0 Å². The average Bonchev–Trinajstić information content (AvgIpc) is 2.90. The fraction of sp³-hybridized carbons (Fsp3) is 0.630. The Balaban J connectivity index is 2.03. The van der Waals surface area contributed by atoms with Crippen LogP contribution in [0.1, 0.15) is 69.8 Å². The highest BCUT2D eigenvalue weighted by Crippen LogP contribution is 2.37. The number of phosphoric acid groups is 1. The van der Waals surface area contributed by atoms with E-state index in [1.165, 1.54) is 75.4 Å². The number of unbranched alkanes of at least 4 members (excludes halogenated alkanes) is 1. The van der Waals surface area contributed by atoms with Crippen molar-refractivity contribution >= 4 is 31.6 Å². The number of benzene rings is 1. The third-order valence-corrected chi connectivity index (χ3v) is 7.40. The number of aliphatic carboxylic acids is 1. The van der Waals surface area contributed by atoms with Gasteiger partial charge in [-0.05, 0) is 36.5 Å². The lowest BCUT2D eigenvalue weighted by molar-refractivity contribution is -0.138. The van der Waals surface area contributed by atoms with Gasteiger partial charge in [-0.2, -0.15) is 0 Å². The summed E-state index contributed by atoms with van der Waals surface area (Å²) >= 11 is 0. The SMILES string of the molecule is CN(C)C(=O)N[C@H](Cc1ccc(OP(=O)(O)O)cc1)C(=O)N[C@@H](CCC(=O)O)C(=O)NCCCCC1CCCCC1. The molecule has 1 aliphatic carbocycles. The molecule has 4 amide bonds. The molecule has 0 radical (unpaired) electrons. The third-order valence-electron chi connectivity index (χ3n) is 6.95. The van der Waals surface area contributed by atoms with E-state index in [1.54, 1.807) is 0 Å². The highest BCUT2D eigenvalue weighted by atomic mass is 31.2. The highest BCUT2D eigenvalue weighted by molar-refractivity contribution is 7.46. The number of carboxylic acids is 1. The van der Waals surface area contributed by atoms with Crippen LogP contribution in [-0.4, -0.2) is 76.3 Å². The van der Waals surface area contributed by atoms with Crippen LogP contribution in [0, 0.1) is 5.92 Å². The fourth-order valence-corrected chi connectivity index (χ4v) is 5.12. The molecule has 1 aromatic rings. The molecule has 0 heterocycles. The molecule has 1 aliphatic rings. The van der Waals surface area contributed by atoms with Gasteiger partial charge in [0.2, 0.25) is 11.8 Å². The Morgan fingerprint density at radius 1 is 0.976 bits per heavy atom. The number of rotatable bonds is 16. The zero-order valence-corrected chi connectivity index (χ0v) is 24.6. The average molecular weight is 599 g/mol. The Morgan fingerprint density at radius 2 is 1.63 bits per heavy atom. The summed E-state index contributed by atoms with van der Waals surface area (Å²) < 4.78 is 15.6. The van der Waals surface area contributed by atoms with E-state index in [4.69, 9.17) is 14.9 Å². The number of hydrogen-bond acceptors (Lipinski definition) is 6. The number of amides is 4. The molecule has 0 bridgehead atoms. The van der Waals surface area contributed by atoms with Crippen molar-refractivity contribution in [2.45, 2.75) is 82.7 Å². The number of nitrogens with one attached hydrogen (secondary N) is 3. The molecule has 0 spiro atoms. The monoisotopic (exact) mass is 598 g/mol. The first-order valence-electron chi connectivity index (χ1n) is 14.0. The third kappa shape index (κ3) is 13.8. The van der Waals surface area contributed by atoms with Crippen LogP contribution in [0.5, 0.6) is 5.75 Å². The standard InChI is InChI=1S/C27H43N4O9P/c1-31(2)27(36)30-23(18-20-11-13-21(14-12-20)40-41(37,38)39)26(35)29-22(15-16-24(32)33)25(34)28-17-7-6-10-19-8-4-3-5-9-19/h11-14,19,22-23H,3-10,15-18H2,1-2H3,(H,28,34)(H,29,35)(H,30,36)(H,32,33)(H2,37,38,39)/t22-,23+/m0/s1. The minimum atomic E-state index is -4.74. The van der Waals surface area contributed by atoms with Crippen LogP contribution in [0.3, 0.4) is 0 Å². The van der Waals surface area contributed by atoms with Gasteiger partial charge in [0.05, 0.1) is 0 Å². The van der Waals surface area contributed by atoms with Crippen LogP contribution in [-0.2, 0) is 25.4 Å². The van der Waals surface area contributed by atoms with Crippen LogP contribution in [0.4, 0.5) is 4.79 Å². The maximum atomic E-state index is 13.3. The molecule has 13 nitrogen and oxygen atoms in total. The van der Waals surface area contributed by atoms with E-state index < -0.39 is 43.7 Å². The molecule has 0 saturated heterocycles. The van der Waals surface area contributed by atoms with Gasteiger partial charge in [-0.1, -0.05) is 57.1 Å². The lowest BCUT2D eigenvalue weighted by Crippen LogP contribution is -2.55. The lowest BCUT2D eigenvalue weighted by Gasteiger charge is -2.24. The highest BCUT2D eigenvalue weighted by Gasteiger charge is 2.28. The number of phosphoric ester groups is 1. The number of hydrogen-bond donors (Lipinski definition) is 6. The summed E-state index contributed by atoms with van der Waals surface area (Å²) in [7, 11) is -1.75. The summed E-state index contributed by atoms with van der Waals surface area (Å²) in [6.07, 6.45) is 8.77. The second-order valence-electron chi connectivity index (χ2n) is 10.6. The first-order chi connectivity index (χ1) is 19.3. The predicted octanol–water partition coefficient (Wildman–Crippen LogP) is 2.56. The van der Waals surface area contributed by atoms with Crippen molar-refractivity contribution in [2.75, 3.05) is 20.6 Å². The van der Waals surface area contributed by atoms with Crippen molar-refractivity contribution in [1.29, 1.82) is 0 Å². The van der Waals surface area contributed by atoms with Crippen molar-refractivity contribution in [3.63, 3.8) is 0 Å². The molecule has 1 fully saturated rings. The van der Waals surface area contributed by atoms with E-state index in [0.29, 0.717) is 12.1 Å². The van der Waals surface area contributed by atoms with E-state index >= 15 is 0 Å². The van der Waals surface area contributed by atoms with Gasteiger partial charge >= 0.3 is 19.8 Å². The molecule has 0 unspecified atom stereocenters. The molecule has 1 aromatic carbocycles. The Morgan fingerprint density at radius 3 is 2.22 bits per heavy atom. The second kappa shape index (κ2) is 17.0. The summed E-state index contributed by atoms with van der Waals surface area (Å²) in [5.74, 6) is -1.62. The summed E-state index contributed by atoms with van der Waals surface area (Å²) in [4.78, 5) is 69.0. The van der Waals surface area contributed by atoms with E-state index in [1.807, 2.05) is 0 Å². The van der Waals surface area contributed by atoms with Gasteiger partial charge in [0, 0.05) is 33.5 Å². The zero-order valence-electron chi connectivity index (χ0n) is 23.7. The van der Waals surface area contributed by atoms with E-state index in [0.717, 1.165) is 25.2 Å². The summed E-state index contributed by atoms with van der Waals surface area (Å²) in [6.45, 7) is 0.412. The molecule has 0 aliphatic heterocycles. The first kappa shape index (κ1) is 34.1. The van der Waals surface area contributed by atoms with Gasteiger partial charge in [0.15, 0.2) is 0 Å². The minimum Gasteiger partial charge on any atom is -0.481 e. The number of carbonyl (C=O) groups excluding carboxylic acids is 3. The zero-order chi connectivity index (χ0) is 30.4. The molecule has 2 atom stereocenters. The van der Waals surface area contributed by atoms with Crippen molar-refractivity contribution in [3.05, 3.63) is 29.8 Å². The predicted molar refractivity (Wildman–Crippen MR) is 151 cm³/mol. The fourth-order valence-electron chi connectivity index (χ4n) is 4.72. The molecular formula is C27H43N4O9P. The van der Waals surface area contributed by atoms with Crippen molar-refractivity contribution in [2.24, 2.45) is 5.92 Å². The largest absolute Gasteiger partial charge is 0.524 e. The molecule has 1 saturated carbocycles. The minimum absolute atomic E-state index is 0.0178. The van der Waals surface area contributed by atoms with Gasteiger partial charge in [-0.15, -0.1) is 0 Å². The van der Waals surface area contributed by atoms with Crippen molar-refractivity contribution in [1.82, 2.24) is 20.9 Å². The maximum Gasteiger partial charge on any atom is 0.524 e. The van der Waals surface area contributed by atoms with Gasteiger partial charge in [-0.3, -0.25) is 24.2 Å². The Labute approximate surface area is 240 Å². The van der Waals surface area contributed by atoms with Gasteiger partial charge in [-0.25, -0.2) is 9.36 Å². The molecule has 2 rings (SSSR count). The van der Waals surface area contributed by atoms with E-state index in [-0.39, 0.29) is 25.0 Å². The number of urea groups is 1. The van der Waals surface area contributed by atoms with Gasteiger partial charge in [0.25, 0.3) is 0 Å². The van der Waals surface area contributed by atoms with Crippen LogP contribution >= 0.6 is 7.82 Å². The summed E-state index contributed by atoms with van der Waals surface area (Å²) in [5, 5.41) is 17.1. The summed E-state index contributed by atoms with van der Waals surface area (Å²) in [5.41, 5.74) is 0.534. The molecule has 6 N–H and O–H groups in total.